The molecule has 1 saturated heterocycles. The number of nitrogens with zero attached hydrogens (tertiary/aromatic N) is 1. The number of aromatic amines is 1. The summed E-state index contributed by atoms with van der Waals surface area (Å²) in [6, 6.07) is 0. The number of nitrogen functional groups attached to an aromatic ring is 2. The molecule has 5 atom stereocenters. The fraction of sp³-hybridized carbons (Fsp3) is 0.556. The van der Waals surface area contributed by atoms with Gasteiger partial charge in [-0.15, -0.1) is 0 Å². The summed E-state index contributed by atoms with van der Waals surface area (Å²) in [5.41, 5.74) is 9.58. The number of ether oxygens (including phenoxy) is 1. The number of hydrogen-bond donors (Lipinski definition) is 9. The van der Waals surface area contributed by atoms with E-state index in [0.717, 1.165) is 0 Å². The zero-order valence-corrected chi connectivity index (χ0v) is 12.3. The number of hydrogen-bond acceptors (Lipinski definition) is 10. The van der Waals surface area contributed by atoms with E-state index in [1.54, 1.807) is 0 Å². The van der Waals surface area contributed by atoms with Crippen LogP contribution < -0.4 is 22.3 Å². The van der Waals surface area contributed by atoms with Crippen molar-refractivity contribution >= 4 is 25.0 Å². The van der Waals surface area contributed by atoms with Crippen LogP contribution in [0.2, 0.25) is 0 Å². The Morgan fingerprint density at radius 3 is 2.35 bits per heavy atom. The normalized spacial score (nSPS) is 31.8. The fourth-order valence-corrected chi connectivity index (χ4v) is 2.87. The molecular formula is C9H16N5O8P. The van der Waals surface area contributed by atoms with Gasteiger partial charge in [0.15, 0.2) is 17.9 Å². The lowest BCUT2D eigenvalue weighted by molar-refractivity contribution is -0.196. The Labute approximate surface area is 128 Å². The molecule has 2 unspecified atom stereocenters. The molecule has 1 fully saturated rings. The first kappa shape index (κ1) is 17.6. The highest BCUT2D eigenvalue weighted by molar-refractivity contribution is 7.52. The summed E-state index contributed by atoms with van der Waals surface area (Å²) in [6.45, 7) is 0. The molecule has 1 aliphatic rings. The second-order valence-corrected chi connectivity index (χ2v) is 6.55. The summed E-state index contributed by atoms with van der Waals surface area (Å²) >= 11 is 0. The minimum absolute atomic E-state index is 0.316. The van der Waals surface area contributed by atoms with Gasteiger partial charge in [-0.1, -0.05) is 0 Å². The van der Waals surface area contributed by atoms with Crippen LogP contribution in [0.5, 0.6) is 0 Å². The van der Waals surface area contributed by atoms with Crippen molar-refractivity contribution < 1.29 is 34.4 Å². The molecule has 0 saturated carbocycles. The van der Waals surface area contributed by atoms with E-state index in [-0.39, 0.29) is 11.8 Å². The van der Waals surface area contributed by atoms with Crippen molar-refractivity contribution in [2.75, 3.05) is 16.8 Å². The van der Waals surface area contributed by atoms with Crippen LogP contribution in [0.4, 0.5) is 17.5 Å². The molecule has 0 aliphatic carbocycles. The van der Waals surface area contributed by atoms with Crippen LogP contribution in [0.1, 0.15) is 0 Å². The van der Waals surface area contributed by atoms with Crippen LogP contribution in [0, 0.1) is 0 Å². The monoisotopic (exact) mass is 353 g/mol. The van der Waals surface area contributed by atoms with Crippen molar-refractivity contribution in [1.82, 2.24) is 9.97 Å². The Morgan fingerprint density at radius 1 is 1.17 bits per heavy atom. The van der Waals surface area contributed by atoms with Gasteiger partial charge in [-0.2, -0.15) is 4.98 Å². The number of rotatable bonds is 3. The molecule has 0 spiro atoms. The van der Waals surface area contributed by atoms with Gasteiger partial charge in [0.2, 0.25) is 5.95 Å². The SMILES string of the molecule is Nc1nc(NC2OC(P(=O)(O)O)[C@@H](O)[C@@H](O)[C@H]2O)c(N)c(=O)[nH]1. The Morgan fingerprint density at radius 2 is 1.78 bits per heavy atom. The first-order valence-corrected chi connectivity index (χ1v) is 7.87. The van der Waals surface area contributed by atoms with Gasteiger partial charge < -0.3 is 46.6 Å². The van der Waals surface area contributed by atoms with Gasteiger partial charge in [-0.3, -0.25) is 14.3 Å². The third-order valence-electron chi connectivity index (χ3n) is 3.17. The lowest BCUT2D eigenvalue weighted by Crippen LogP contribution is -2.59. The van der Waals surface area contributed by atoms with E-state index in [1.165, 1.54) is 0 Å². The summed E-state index contributed by atoms with van der Waals surface area (Å²) in [5, 5.41) is 31.5. The van der Waals surface area contributed by atoms with Crippen LogP contribution in [0.25, 0.3) is 0 Å². The molecule has 2 rings (SSSR count). The Bertz CT molecular complexity index is 691. The molecule has 1 aromatic heterocycles. The third-order valence-corrected chi connectivity index (χ3v) is 4.26. The Hall–Kier alpha value is -1.73. The number of anilines is 3. The molecule has 14 heteroatoms. The second kappa shape index (κ2) is 6.05. The van der Waals surface area contributed by atoms with Crippen LogP contribution >= 0.6 is 7.60 Å². The standard InChI is InChI=1S/C9H16N5O8P/c10-1-5(13-9(11)14-6(1)18)12-7-3(16)2(15)4(17)8(22-7)23(19,20)21/h2-4,7-8,15-17H,10H2,(H2,19,20,21)(H4,11,12,13,14,18)/t2-,3+,4-,7?,8?/m0/s1. The number of nitrogens with two attached hydrogens (primary N) is 2. The first-order chi connectivity index (χ1) is 10.5. The van der Waals surface area contributed by atoms with Crippen molar-refractivity contribution in [3.63, 3.8) is 0 Å². The Balaban J connectivity index is 2.32. The number of H-pyrrole nitrogens is 1. The highest BCUT2D eigenvalue weighted by Gasteiger charge is 2.51. The van der Waals surface area contributed by atoms with E-state index in [9.17, 15) is 24.7 Å². The average molecular weight is 353 g/mol. The van der Waals surface area contributed by atoms with E-state index in [1.807, 2.05) is 0 Å². The predicted octanol–water partition coefficient (Wildman–Crippen LogP) is -3.71. The van der Waals surface area contributed by atoms with E-state index in [0.29, 0.717) is 0 Å². The fourth-order valence-electron chi connectivity index (χ4n) is 2.00. The van der Waals surface area contributed by atoms with E-state index >= 15 is 0 Å². The van der Waals surface area contributed by atoms with Gasteiger partial charge in [-0.25, -0.2) is 0 Å². The van der Waals surface area contributed by atoms with Crippen molar-refractivity contribution in [2.24, 2.45) is 0 Å². The minimum Gasteiger partial charge on any atom is -0.391 e. The lowest BCUT2D eigenvalue weighted by Gasteiger charge is -2.40. The minimum atomic E-state index is -4.96. The smallest absolute Gasteiger partial charge is 0.356 e. The third kappa shape index (κ3) is 3.45. The predicted molar refractivity (Wildman–Crippen MR) is 76.0 cm³/mol. The highest BCUT2D eigenvalue weighted by Crippen LogP contribution is 2.47. The van der Waals surface area contributed by atoms with Gasteiger partial charge in [0.05, 0.1) is 0 Å². The molecule has 0 bridgehead atoms. The molecule has 23 heavy (non-hydrogen) atoms. The van der Waals surface area contributed by atoms with Gasteiger partial charge in [-0.05, 0) is 0 Å². The van der Waals surface area contributed by atoms with Gasteiger partial charge in [0.25, 0.3) is 5.56 Å². The maximum atomic E-state index is 11.5. The van der Waals surface area contributed by atoms with Crippen molar-refractivity contribution in [3.05, 3.63) is 10.4 Å². The van der Waals surface area contributed by atoms with Gasteiger partial charge in [0.1, 0.15) is 24.0 Å². The van der Waals surface area contributed by atoms with Crippen molar-refractivity contribution in [3.8, 4) is 0 Å². The van der Waals surface area contributed by atoms with E-state index in [2.05, 4.69) is 15.3 Å². The van der Waals surface area contributed by atoms with Crippen LogP contribution in [0.3, 0.4) is 0 Å². The van der Waals surface area contributed by atoms with Crippen LogP contribution in [-0.2, 0) is 9.30 Å². The molecular weight excluding hydrogens is 337 g/mol. The van der Waals surface area contributed by atoms with E-state index < -0.39 is 49.2 Å². The summed E-state index contributed by atoms with van der Waals surface area (Å²) in [4.78, 5) is 35.5. The maximum Gasteiger partial charge on any atom is 0.356 e. The number of aromatic nitrogens is 2. The van der Waals surface area contributed by atoms with Crippen molar-refractivity contribution in [2.45, 2.75) is 30.4 Å². The summed E-state index contributed by atoms with van der Waals surface area (Å²) in [5.74, 6) is -2.74. The molecule has 130 valence electrons. The molecule has 13 nitrogen and oxygen atoms in total. The Kier molecular flexibility index (Phi) is 4.64. The molecule has 0 amide bonds. The molecule has 0 aromatic carbocycles. The molecule has 0 radical (unpaired) electrons. The first-order valence-electron chi connectivity index (χ1n) is 6.19. The van der Waals surface area contributed by atoms with Crippen LogP contribution in [-0.4, -0.2) is 65.5 Å². The quantitative estimate of drug-likeness (QED) is 0.238. The molecule has 1 aromatic rings. The lowest BCUT2D eigenvalue weighted by atomic mass is 10.0. The van der Waals surface area contributed by atoms with Crippen molar-refractivity contribution in [1.29, 1.82) is 0 Å². The number of aliphatic hydroxyl groups excluding tert-OH is 3. The maximum absolute atomic E-state index is 11.5. The zero-order chi connectivity index (χ0) is 17.5. The largest absolute Gasteiger partial charge is 0.391 e. The number of aliphatic hydroxyl groups is 3. The van der Waals surface area contributed by atoms with Gasteiger partial charge in [0, 0.05) is 0 Å². The van der Waals surface area contributed by atoms with E-state index in [4.69, 9.17) is 26.0 Å². The second-order valence-electron chi connectivity index (χ2n) is 4.87. The topological polar surface area (TPSA) is 237 Å². The molecule has 11 N–H and O–H groups in total. The van der Waals surface area contributed by atoms with Gasteiger partial charge >= 0.3 is 7.60 Å². The van der Waals surface area contributed by atoms with Crippen LogP contribution in [0.15, 0.2) is 4.79 Å². The molecule has 2 heterocycles. The summed E-state index contributed by atoms with van der Waals surface area (Å²) in [7, 11) is -4.96. The number of nitrogens with one attached hydrogen (secondary N) is 2. The summed E-state index contributed by atoms with van der Waals surface area (Å²) < 4.78 is 16.2. The molecule has 1 aliphatic heterocycles. The summed E-state index contributed by atoms with van der Waals surface area (Å²) in [6.07, 6.45) is -7.38. The highest BCUT2D eigenvalue weighted by atomic mass is 31.2. The average Bonchev–Trinajstić information content (AvgIpc) is 2.43. The zero-order valence-electron chi connectivity index (χ0n) is 11.4.